The highest BCUT2D eigenvalue weighted by molar-refractivity contribution is 9.10. The van der Waals surface area contributed by atoms with Crippen LogP contribution >= 0.6 is 15.9 Å². The van der Waals surface area contributed by atoms with Crippen molar-refractivity contribution in [3.8, 4) is 5.75 Å². The van der Waals surface area contributed by atoms with E-state index in [1.54, 1.807) is 42.5 Å². The molecule has 0 aliphatic rings. The number of methoxy groups -OCH3 is 1. The smallest absolute Gasteiger partial charge is 0.252 e. The molecular weight excluding hydrogens is 408 g/mol. The SMILES string of the molecule is COc1ccc(Br)c(C(=O)NCCNS(=O)(=O)c2ccc(C)cc2)c1. The van der Waals surface area contributed by atoms with Gasteiger partial charge in [0.15, 0.2) is 0 Å². The Kier molecular flexibility index (Phi) is 6.57. The summed E-state index contributed by atoms with van der Waals surface area (Å²) in [7, 11) is -2.07. The fourth-order valence-corrected chi connectivity index (χ4v) is 3.52. The molecule has 0 atom stereocenters. The maximum Gasteiger partial charge on any atom is 0.252 e. The number of ether oxygens (including phenoxy) is 1. The number of amides is 1. The van der Waals surface area contributed by atoms with Crippen molar-refractivity contribution in [2.45, 2.75) is 11.8 Å². The quantitative estimate of drug-likeness (QED) is 0.665. The number of hydrogen-bond acceptors (Lipinski definition) is 4. The molecule has 2 aromatic carbocycles. The van der Waals surface area contributed by atoms with E-state index < -0.39 is 10.0 Å². The molecule has 0 heterocycles. The summed E-state index contributed by atoms with van der Waals surface area (Å²) >= 11 is 3.31. The number of halogens is 1. The predicted molar refractivity (Wildman–Crippen MR) is 99.4 cm³/mol. The minimum Gasteiger partial charge on any atom is -0.497 e. The van der Waals surface area contributed by atoms with Crippen molar-refractivity contribution < 1.29 is 17.9 Å². The van der Waals surface area contributed by atoms with E-state index in [4.69, 9.17) is 4.74 Å². The maximum absolute atomic E-state index is 12.2. The second-order valence-corrected chi connectivity index (χ2v) is 7.93. The summed E-state index contributed by atoms with van der Waals surface area (Å²) in [5, 5.41) is 2.67. The van der Waals surface area contributed by atoms with E-state index in [9.17, 15) is 13.2 Å². The summed E-state index contributed by atoms with van der Waals surface area (Å²) in [4.78, 5) is 12.4. The van der Waals surface area contributed by atoms with E-state index in [-0.39, 0.29) is 23.9 Å². The van der Waals surface area contributed by atoms with Crippen molar-refractivity contribution >= 4 is 31.9 Å². The minimum atomic E-state index is -3.59. The highest BCUT2D eigenvalue weighted by Crippen LogP contribution is 2.22. The van der Waals surface area contributed by atoms with Gasteiger partial charge in [-0.15, -0.1) is 0 Å². The Morgan fingerprint density at radius 2 is 1.80 bits per heavy atom. The van der Waals surface area contributed by atoms with Gasteiger partial charge >= 0.3 is 0 Å². The van der Waals surface area contributed by atoms with Gasteiger partial charge in [-0.05, 0) is 53.2 Å². The standard InChI is InChI=1S/C17H19BrN2O4S/c1-12-3-6-14(7-4-12)25(22,23)20-10-9-19-17(21)15-11-13(24-2)5-8-16(15)18/h3-8,11,20H,9-10H2,1-2H3,(H,19,21). The first kappa shape index (κ1) is 19.4. The molecular formula is C17H19BrN2O4S. The van der Waals surface area contributed by atoms with Crippen LogP contribution in [0.2, 0.25) is 0 Å². The normalized spacial score (nSPS) is 11.2. The van der Waals surface area contributed by atoms with Crippen molar-refractivity contribution in [2.24, 2.45) is 0 Å². The Labute approximate surface area is 155 Å². The molecule has 0 fully saturated rings. The first-order chi connectivity index (χ1) is 11.8. The summed E-state index contributed by atoms with van der Waals surface area (Å²) in [6.07, 6.45) is 0. The molecule has 25 heavy (non-hydrogen) atoms. The second kappa shape index (κ2) is 8.46. The van der Waals surface area contributed by atoms with Crippen LogP contribution in [0, 0.1) is 6.92 Å². The lowest BCUT2D eigenvalue weighted by atomic mass is 10.2. The molecule has 8 heteroatoms. The number of nitrogens with one attached hydrogen (secondary N) is 2. The summed E-state index contributed by atoms with van der Waals surface area (Å²) < 4.78 is 32.5. The molecule has 134 valence electrons. The Bertz CT molecular complexity index is 851. The van der Waals surface area contributed by atoms with Gasteiger partial charge < -0.3 is 10.1 Å². The lowest BCUT2D eigenvalue weighted by molar-refractivity contribution is 0.0953. The molecule has 2 N–H and O–H groups in total. The summed E-state index contributed by atoms with van der Waals surface area (Å²) in [6, 6.07) is 11.6. The molecule has 0 aliphatic carbocycles. The molecule has 2 rings (SSSR count). The van der Waals surface area contributed by atoms with Gasteiger partial charge in [0.2, 0.25) is 10.0 Å². The zero-order valence-corrected chi connectivity index (χ0v) is 16.3. The van der Waals surface area contributed by atoms with Crippen molar-refractivity contribution in [1.29, 1.82) is 0 Å². The van der Waals surface area contributed by atoms with Crippen molar-refractivity contribution in [2.75, 3.05) is 20.2 Å². The van der Waals surface area contributed by atoms with Gasteiger partial charge in [0.05, 0.1) is 17.6 Å². The van der Waals surface area contributed by atoms with Crippen LogP contribution in [0.15, 0.2) is 51.8 Å². The van der Waals surface area contributed by atoms with Crippen LogP contribution in [-0.2, 0) is 10.0 Å². The third-order valence-corrected chi connectivity index (χ3v) is 5.62. The first-order valence-corrected chi connectivity index (χ1v) is 9.79. The van der Waals surface area contributed by atoms with Gasteiger partial charge in [-0.25, -0.2) is 13.1 Å². The number of aryl methyl sites for hydroxylation is 1. The zero-order valence-electron chi connectivity index (χ0n) is 13.9. The van der Waals surface area contributed by atoms with Crippen LogP contribution < -0.4 is 14.8 Å². The van der Waals surface area contributed by atoms with E-state index >= 15 is 0 Å². The minimum absolute atomic E-state index is 0.0868. The van der Waals surface area contributed by atoms with Crippen molar-refractivity contribution in [1.82, 2.24) is 10.0 Å². The lowest BCUT2D eigenvalue weighted by Crippen LogP contribution is -2.34. The lowest BCUT2D eigenvalue weighted by Gasteiger charge is -2.10. The number of benzene rings is 2. The van der Waals surface area contributed by atoms with Crippen LogP contribution in [0.5, 0.6) is 5.75 Å². The number of hydrogen-bond donors (Lipinski definition) is 2. The highest BCUT2D eigenvalue weighted by atomic mass is 79.9. The van der Waals surface area contributed by atoms with E-state index in [0.717, 1.165) is 5.56 Å². The van der Waals surface area contributed by atoms with Crippen LogP contribution in [0.25, 0.3) is 0 Å². The first-order valence-electron chi connectivity index (χ1n) is 7.51. The fraction of sp³-hybridized carbons (Fsp3) is 0.235. The molecule has 6 nitrogen and oxygen atoms in total. The predicted octanol–water partition coefficient (Wildman–Crippen LogP) is 2.47. The molecule has 0 bridgehead atoms. The van der Waals surface area contributed by atoms with Crippen LogP contribution in [-0.4, -0.2) is 34.5 Å². The van der Waals surface area contributed by atoms with E-state index in [2.05, 4.69) is 26.0 Å². The number of carbonyl (C=O) groups excluding carboxylic acids is 1. The topological polar surface area (TPSA) is 84.5 Å². The molecule has 2 aromatic rings. The van der Waals surface area contributed by atoms with Gasteiger partial charge in [-0.3, -0.25) is 4.79 Å². The Morgan fingerprint density at radius 1 is 1.12 bits per heavy atom. The van der Waals surface area contributed by atoms with Gasteiger partial charge in [-0.1, -0.05) is 17.7 Å². The van der Waals surface area contributed by atoms with Gasteiger partial charge in [0.25, 0.3) is 5.91 Å². The summed E-state index contributed by atoms with van der Waals surface area (Å²) in [5.74, 6) is 0.244. The fourth-order valence-electron chi connectivity index (χ4n) is 2.06. The van der Waals surface area contributed by atoms with Crippen LogP contribution in [0.1, 0.15) is 15.9 Å². The zero-order chi connectivity index (χ0) is 18.4. The Morgan fingerprint density at radius 3 is 2.44 bits per heavy atom. The van der Waals surface area contributed by atoms with Gasteiger partial charge in [0.1, 0.15) is 5.75 Å². The largest absolute Gasteiger partial charge is 0.497 e. The molecule has 0 unspecified atom stereocenters. The third-order valence-electron chi connectivity index (χ3n) is 3.45. The summed E-state index contributed by atoms with van der Waals surface area (Å²) in [6.45, 7) is 2.13. The maximum atomic E-state index is 12.2. The van der Waals surface area contributed by atoms with Crippen LogP contribution in [0.4, 0.5) is 0 Å². The number of rotatable bonds is 7. The van der Waals surface area contributed by atoms with E-state index in [0.29, 0.717) is 15.8 Å². The number of sulfonamides is 1. The van der Waals surface area contributed by atoms with Crippen molar-refractivity contribution in [3.63, 3.8) is 0 Å². The molecule has 0 radical (unpaired) electrons. The molecule has 1 amide bonds. The Balaban J connectivity index is 1.90. The molecule has 0 saturated heterocycles. The average Bonchev–Trinajstić information content (AvgIpc) is 2.59. The Hall–Kier alpha value is -1.90. The van der Waals surface area contributed by atoms with E-state index in [1.807, 2.05) is 6.92 Å². The molecule has 0 aromatic heterocycles. The summed E-state index contributed by atoms with van der Waals surface area (Å²) in [5.41, 5.74) is 1.40. The molecule has 0 saturated carbocycles. The number of carbonyl (C=O) groups is 1. The monoisotopic (exact) mass is 426 g/mol. The van der Waals surface area contributed by atoms with Gasteiger partial charge in [-0.2, -0.15) is 0 Å². The van der Waals surface area contributed by atoms with Crippen LogP contribution in [0.3, 0.4) is 0 Å². The van der Waals surface area contributed by atoms with Gasteiger partial charge in [0, 0.05) is 17.6 Å². The highest BCUT2D eigenvalue weighted by Gasteiger charge is 2.14. The average molecular weight is 427 g/mol. The van der Waals surface area contributed by atoms with E-state index in [1.165, 1.54) is 7.11 Å². The molecule has 0 spiro atoms. The molecule has 0 aliphatic heterocycles. The second-order valence-electron chi connectivity index (χ2n) is 5.31. The van der Waals surface area contributed by atoms with Crippen molar-refractivity contribution in [3.05, 3.63) is 58.1 Å². The third kappa shape index (κ3) is 5.29.